The molecule has 0 fully saturated rings. The predicted molar refractivity (Wildman–Crippen MR) is 78.7 cm³/mol. The summed E-state index contributed by atoms with van der Waals surface area (Å²) in [6.45, 7) is 0. The van der Waals surface area contributed by atoms with E-state index < -0.39 is 20.2 Å². The van der Waals surface area contributed by atoms with Crippen LogP contribution in [0.4, 0.5) is 0 Å². The van der Waals surface area contributed by atoms with Gasteiger partial charge in [0.25, 0.3) is 20.2 Å². The second-order valence-electron chi connectivity index (χ2n) is 4.00. The van der Waals surface area contributed by atoms with Crippen LogP contribution in [0.5, 0.6) is 0 Å². The molecule has 108 valence electrons. The van der Waals surface area contributed by atoms with E-state index in [2.05, 4.69) is 0 Å². The van der Waals surface area contributed by atoms with Crippen molar-refractivity contribution in [2.75, 3.05) is 0 Å². The van der Waals surface area contributed by atoms with Gasteiger partial charge in [-0.15, -0.1) is 0 Å². The summed E-state index contributed by atoms with van der Waals surface area (Å²) in [6, 6.07) is 10.9. The molecule has 0 aliphatic rings. The van der Waals surface area contributed by atoms with Gasteiger partial charge in [0.1, 0.15) is 0 Å². The zero-order chi connectivity index (χ0) is 15.0. The van der Waals surface area contributed by atoms with Crippen molar-refractivity contribution in [3.63, 3.8) is 0 Å². The summed E-state index contributed by atoms with van der Waals surface area (Å²) in [5.41, 5.74) is 1.28. The average molecular weight is 338 g/mol. The molecule has 2 N–H and O–H groups in total. The van der Waals surface area contributed by atoms with E-state index in [1.165, 1.54) is 48.5 Å². The van der Waals surface area contributed by atoms with Gasteiger partial charge >= 0.3 is 29.6 Å². The second kappa shape index (κ2) is 6.57. The van der Waals surface area contributed by atoms with Crippen LogP contribution in [0.3, 0.4) is 0 Å². The van der Waals surface area contributed by atoms with Gasteiger partial charge in [-0.05, 0) is 35.4 Å². The Balaban J connectivity index is 0.00000220. The molecule has 0 aliphatic carbocycles. The molecule has 0 amide bonds. The fraction of sp³-hybridized carbons (Fsp3) is 0. The Bertz CT molecular complexity index is 751. The standard InChI is InChI=1S/C12H10O6S2.Na.H/c13-19(14,15)11-5-1-9(2-6-11)10-3-7-12(8-4-10)20(16,17)18;;/h1-8H,(H,13,14,15)(H,16,17,18);;. The molecule has 0 aliphatic heterocycles. The van der Waals surface area contributed by atoms with E-state index in [9.17, 15) is 16.8 Å². The van der Waals surface area contributed by atoms with E-state index in [4.69, 9.17) is 9.11 Å². The van der Waals surface area contributed by atoms with Gasteiger partial charge in [-0.3, -0.25) is 9.11 Å². The maximum absolute atomic E-state index is 10.9. The van der Waals surface area contributed by atoms with Crippen molar-refractivity contribution >= 4 is 49.8 Å². The zero-order valence-electron chi connectivity index (χ0n) is 9.96. The zero-order valence-corrected chi connectivity index (χ0v) is 11.6. The first-order valence-corrected chi connectivity index (χ1v) is 8.21. The fourth-order valence-corrected chi connectivity index (χ4v) is 2.60. The fourth-order valence-electron chi connectivity index (χ4n) is 1.64. The summed E-state index contributed by atoms with van der Waals surface area (Å²) in [4.78, 5) is -0.452. The van der Waals surface area contributed by atoms with Crippen molar-refractivity contribution in [2.45, 2.75) is 9.79 Å². The van der Waals surface area contributed by atoms with Gasteiger partial charge in [0, 0.05) is 0 Å². The minimum absolute atomic E-state index is 0. The van der Waals surface area contributed by atoms with Gasteiger partial charge in [0.05, 0.1) is 9.79 Å². The Morgan fingerprint density at radius 1 is 0.571 bits per heavy atom. The molecule has 2 aromatic rings. The number of benzene rings is 2. The Labute approximate surface area is 144 Å². The van der Waals surface area contributed by atoms with Crippen molar-refractivity contribution in [1.82, 2.24) is 0 Å². The first-order chi connectivity index (χ1) is 9.18. The normalized spacial score (nSPS) is 11.7. The Morgan fingerprint density at radius 3 is 1.00 bits per heavy atom. The molecular weight excluding hydrogens is 327 g/mol. The Kier molecular flexibility index (Phi) is 5.73. The van der Waals surface area contributed by atoms with Gasteiger partial charge in [-0.1, -0.05) is 24.3 Å². The molecule has 0 saturated heterocycles. The summed E-state index contributed by atoms with van der Waals surface area (Å²) in [5, 5.41) is 0. The minimum atomic E-state index is -4.24. The van der Waals surface area contributed by atoms with Gasteiger partial charge in [-0.25, -0.2) is 0 Å². The molecule has 0 spiro atoms. The molecule has 0 atom stereocenters. The van der Waals surface area contributed by atoms with Crippen molar-refractivity contribution in [3.05, 3.63) is 48.5 Å². The van der Waals surface area contributed by atoms with E-state index in [1.54, 1.807) is 0 Å². The SMILES string of the molecule is O=S(=O)(O)c1ccc(-c2ccc(S(=O)(=O)O)cc2)cc1.[NaH]. The first-order valence-electron chi connectivity index (χ1n) is 5.33. The Hall–Kier alpha value is -0.740. The summed E-state index contributed by atoms with van der Waals surface area (Å²) < 4.78 is 61.3. The van der Waals surface area contributed by atoms with Crippen LogP contribution in [0.1, 0.15) is 0 Å². The predicted octanol–water partition coefficient (Wildman–Crippen LogP) is 1.20. The monoisotopic (exact) mass is 338 g/mol. The van der Waals surface area contributed by atoms with Gasteiger partial charge in [0.2, 0.25) is 0 Å². The molecule has 2 rings (SSSR count). The van der Waals surface area contributed by atoms with Crippen LogP contribution in [-0.2, 0) is 20.2 Å². The molecule has 0 radical (unpaired) electrons. The number of hydrogen-bond acceptors (Lipinski definition) is 4. The molecule has 0 unspecified atom stereocenters. The summed E-state index contributed by atoms with van der Waals surface area (Å²) in [5.74, 6) is 0. The van der Waals surface area contributed by atoms with E-state index in [-0.39, 0.29) is 39.3 Å². The summed E-state index contributed by atoms with van der Waals surface area (Å²) in [6.07, 6.45) is 0. The van der Waals surface area contributed by atoms with Crippen molar-refractivity contribution in [2.24, 2.45) is 0 Å². The molecule has 0 bridgehead atoms. The Morgan fingerprint density at radius 2 is 0.810 bits per heavy atom. The summed E-state index contributed by atoms with van der Waals surface area (Å²) in [7, 11) is -8.48. The van der Waals surface area contributed by atoms with Crippen LogP contribution in [0, 0.1) is 0 Å². The summed E-state index contributed by atoms with van der Waals surface area (Å²) >= 11 is 0. The van der Waals surface area contributed by atoms with Crippen molar-refractivity contribution < 1.29 is 25.9 Å². The number of hydrogen-bond donors (Lipinski definition) is 2. The third-order valence-electron chi connectivity index (χ3n) is 2.64. The molecule has 0 aromatic heterocycles. The van der Waals surface area contributed by atoms with Crippen LogP contribution in [0.15, 0.2) is 58.3 Å². The average Bonchev–Trinajstić information content (AvgIpc) is 2.37. The van der Waals surface area contributed by atoms with Crippen LogP contribution < -0.4 is 0 Å². The quantitative estimate of drug-likeness (QED) is 0.643. The molecule has 0 heterocycles. The molecule has 9 heteroatoms. The second-order valence-corrected chi connectivity index (χ2v) is 6.84. The molecule has 2 aromatic carbocycles. The van der Waals surface area contributed by atoms with Crippen molar-refractivity contribution in [3.8, 4) is 11.1 Å². The van der Waals surface area contributed by atoms with Crippen LogP contribution in [0.2, 0.25) is 0 Å². The third-order valence-corrected chi connectivity index (χ3v) is 4.37. The van der Waals surface area contributed by atoms with Crippen LogP contribution in [0.25, 0.3) is 11.1 Å². The van der Waals surface area contributed by atoms with E-state index in [0.717, 1.165) is 0 Å². The van der Waals surface area contributed by atoms with Gasteiger partial charge < -0.3 is 0 Å². The molecular formula is C12H11NaO6S2. The van der Waals surface area contributed by atoms with E-state index >= 15 is 0 Å². The third kappa shape index (κ3) is 4.62. The topological polar surface area (TPSA) is 109 Å². The molecule has 6 nitrogen and oxygen atoms in total. The first kappa shape index (κ1) is 18.3. The molecule has 21 heavy (non-hydrogen) atoms. The maximum atomic E-state index is 10.9. The van der Waals surface area contributed by atoms with E-state index in [0.29, 0.717) is 11.1 Å². The van der Waals surface area contributed by atoms with Crippen molar-refractivity contribution in [1.29, 1.82) is 0 Å². The van der Waals surface area contributed by atoms with Gasteiger partial charge in [0.15, 0.2) is 0 Å². The number of rotatable bonds is 3. The molecule has 0 saturated carbocycles. The van der Waals surface area contributed by atoms with Crippen LogP contribution >= 0.6 is 0 Å². The van der Waals surface area contributed by atoms with Crippen LogP contribution in [-0.4, -0.2) is 55.5 Å². The van der Waals surface area contributed by atoms with Gasteiger partial charge in [-0.2, -0.15) is 16.8 Å². The van der Waals surface area contributed by atoms with E-state index in [1.807, 2.05) is 0 Å².